The summed E-state index contributed by atoms with van der Waals surface area (Å²) in [6.45, 7) is 7.24. The van der Waals surface area contributed by atoms with E-state index in [-0.39, 0.29) is 17.6 Å². The van der Waals surface area contributed by atoms with Gasteiger partial charge in [0.2, 0.25) is 6.29 Å². The normalized spacial score (nSPS) is 53.6. The van der Waals surface area contributed by atoms with Crippen LogP contribution in [0, 0.1) is 28.1 Å². The lowest BCUT2D eigenvalue weighted by Gasteiger charge is -2.66. The number of esters is 1. The number of rotatable bonds is 3. The van der Waals surface area contributed by atoms with Crippen LogP contribution in [0.25, 0.3) is 0 Å². The smallest absolute Gasteiger partial charge is 0.314 e. The Labute approximate surface area is 205 Å². The van der Waals surface area contributed by atoms with Crippen LogP contribution in [0.3, 0.4) is 0 Å². The van der Waals surface area contributed by atoms with E-state index in [0.717, 1.165) is 0 Å². The fourth-order valence-electron chi connectivity index (χ4n) is 8.69. The molecule has 9 heteroatoms. The van der Waals surface area contributed by atoms with E-state index < -0.39 is 65.1 Å². The number of ether oxygens (including phenoxy) is 2. The summed E-state index contributed by atoms with van der Waals surface area (Å²) in [5.41, 5.74) is -3.18. The van der Waals surface area contributed by atoms with E-state index in [1.165, 1.54) is 0 Å². The maximum Gasteiger partial charge on any atom is 0.314 e. The molecule has 0 unspecified atom stereocenters. The molecule has 1 saturated heterocycles. The van der Waals surface area contributed by atoms with Gasteiger partial charge in [-0.15, -0.1) is 0 Å². The molecule has 4 saturated carbocycles. The van der Waals surface area contributed by atoms with Crippen molar-refractivity contribution in [3.63, 3.8) is 0 Å². The highest BCUT2D eigenvalue weighted by Gasteiger charge is 2.75. The van der Waals surface area contributed by atoms with Gasteiger partial charge in [-0.2, -0.15) is 0 Å². The number of hydrogen-bond acceptors (Lipinski definition) is 9. The second-order valence-corrected chi connectivity index (χ2v) is 12.1. The zero-order valence-corrected chi connectivity index (χ0v) is 20.5. The summed E-state index contributed by atoms with van der Waals surface area (Å²) in [6, 6.07) is 0. The largest absolute Gasteiger partial charge is 0.432 e. The molecule has 5 aliphatic rings. The van der Waals surface area contributed by atoms with Gasteiger partial charge in [-0.25, -0.2) is 0 Å². The maximum atomic E-state index is 13.7. The zero-order chi connectivity index (χ0) is 25.6. The first-order valence-corrected chi connectivity index (χ1v) is 12.8. The lowest BCUT2D eigenvalue weighted by Crippen LogP contribution is -2.70. The highest BCUT2D eigenvalue weighted by molar-refractivity contribution is 6.04. The van der Waals surface area contributed by atoms with Crippen LogP contribution in [0.4, 0.5) is 0 Å². The molecule has 2 bridgehead atoms. The number of fused-ring (bicyclic) bond motifs is 3. The summed E-state index contributed by atoms with van der Waals surface area (Å²) in [5.74, 6) is -0.782. The first-order chi connectivity index (χ1) is 16.4. The van der Waals surface area contributed by atoms with Gasteiger partial charge < -0.3 is 35.0 Å². The first kappa shape index (κ1) is 25.3. The summed E-state index contributed by atoms with van der Waals surface area (Å²) in [4.78, 5) is 27.1. The van der Waals surface area contributed by atoms with Crippen molar-refractivity contribution in [3.8, 4) is 0 Å². The molecule has 0 aromatic heterocycles. The lowest BCUT2D eigenvalue weighted by atomic mass is 9.38. The lowest BCUT2D eigenvalue weighted by molar-refractivity contribution is -0.300. The van der Waals surface area contributed by atoms with Gasteiger partial charge in [0.05, 0.1) is 23.0 Å². The van der Waals surface area contributed by atoms with E-state index in [1.54, 1.807) is 0 Å². The summed E-state index contributed by atoms with van der Waals surface area (Å²) in [6.07, 6.45) is -2.86. The fraction of sp³-hybridized carbons (Fsp3) is 0.846. The molecule has 11 atom stereocenters. The van der Waals surface area contributed by atoms with Crippen LogP contribution >= 0.6 is 0 Å². The van der Waals surface area contributed by atoms with Gasteiger partial charge in [0.15, 0.2) is 5.78 Å². The van der Waals surface area contributed by atoms with Crippen LogP contribution in [0.15, 0.2) is 12.2 Å². The van der Waals surface area contributed by atoms with Gasteiger partial charge in [-0.1, -0.05) is 19.9 Å². The molecular formula is C26H38O9. The van der Waals surface area contributed by atoms with Crippen LogP contribution in [-0.2, 0) is 19.1 Å². The molecule has 1 spiro atoms. The highest BCUT2D eigenvalue weighted by atomic mass is 16.7. The summed E-state index contributed by atoms with van der Waals surface area (Å²) in [5, 5.41) is 52.3. The van der Waals surface area contributed by atoms with Gasteiger partial charge in [0, 0.05) is 5.41 Å². The Morgan fingerprint density at radius 2 is 1.80 bits per heavy atom. The highest BCUT2D eigenvalue weighted by Crippen LogP contribution is 2.73. The van der Waals surface area contributed by atoms with E-state index in [0.29, 0.717) is 56.9 Å². The van der Waals surface area contributed by atoms with Crippen molar-refractivity contribution in [3.05, 3.63) is 12.2 Å². The number of ketones is 1. The molecule has 9 nitrogen and oxygen atoms in total. The number of aliphatic hydroxyl groups is 5. The molecular weight excluding hydrogens is 456 g/mol. The standard InChI is InChI=1S/C26H38O9/c1-13-14-5-10-26(33)24(3)8-4-7-23(2,16(24)6-9-25(26,11-14)20(13)31)22(32)35-21-19(30)18(29)17(28)15(12-27)34-21/h14-19,21,27-30,33H,1,4-12H2,2-3H3/t14-,15-,16-,17-,18-,19-,21+,23-,24-,25+,26-/m1/s1. The van der Waals surface area contributed by atoms with E-state index in [2.05, 4.69) is 6.58 Å². The molecule has 1 heterocycles. The Morgan fingerprint density at radius 3 is 2.49 bits per heavy atom. The third-order valence-corrected chi connectivity index (χ3v) is 10.7. The van der Waals surface area contributed by atoms with Crippen LogP contribution in [0.2, 0.25) is 0 Å². The molecule has 0 aromatic carbocycles. The minimum absolute atomic E-state index is 0.0154. The minimum Gasteiger partial charge on any atom is -0.432 e. The summed E-state index contributed by atoms with van der Waals surface area (Å²) >= 11 is 0. The number of allylic oxidation sites excluding steroid dienone is 1. The summed E-state index contributed by atoms with van der Waals surface area (Å²) < 4.78 is 11.0. The maximum absolute atomic E-state index is 13.7. The number of carbonyl (C=O) groups excluding carboxylic acids is 2. The van der Waals surface area contributed by atoms with Crippen molar-refractivity contribution in [2.45, 2.75) is 102 Å². The van der Waals surface area contributed by atoms with Gasteiger partial charge in [-0.05, 0) is 69.3 Å². The van der Waals surface area contributed by atoms with Crippen LogP contribution in [0.5, 0.6) is 0 Å². The Bertz CT molecular complexity index is 934. The molecule has 196 valence electrons. The monoisotopic (exact) mass is 494 g/mol. The summed E-state index contributed by atoms with van der Waals surface area (Å²) in [7, 11) is 0. The average Bonchev–Trinajstić information content (AvgIpc) is 3.03. The molecule has 5 rings (SSSR count). The van der Waals surface area contributed by atoms with Gasteiger partial charge >= 0.3 is 5.97 Å². The van der Waals surface area contributed by atoms with Crippen molar-refractivity contribution < 1.29 is 44.6 Å². The fourth-order valence-corrected chi connectivity index (χ4v) is 8.69. The molecule has 0 aromatic rings. The second-order valence-electron chi connectivity index (χ2n) is 12.1. The van der Waals surface area contributed by atoms with E-state index >= 15 is 0 Å². The zero-order valence-electron chi connectivity index (χ0n) is 20.5. The Balaban J connectivity index is 1.44. The van der Waals surface area contributed by atoms with E-state index in [1.807, 2.05) is 13.8 Å². The third-order valence-electron chi connectivity index (χ3n) is 10.7. The average molecular weight is 495 g/mol. The topological polar surface area (TPSA) is 154 Å². The molecule has 1 aliphatic heterocycles. The van der Waals surface area contributed by atoms with Crippen LogP contribution in [-0.4, -0.2) is 80.2 Å². The van der Waals surface area contributed by atoms with E-state index in [4.69, 9.17) is 9.47 Å². The molecule has 0 amide bonds. The van der Waals surface area contributed by atoms with Crippen molar-refractivity contribution in [2.24, 2.45) is 28.1 Å². The molecule has 35 heavy (non-hydrogen) atoms. The molecule has 5 fully saturated rings. The molecule has 4 aliphatic carbocycles. The van der Waals surface area contributed by atoms with Crippen molar-refractivity contribution >= 4 is 11.8 Å². The van der Waals surface area contributed by atoms with Gasteiger partial charge in [-0.3, -0.25) is 9.59 Å². The van der Waals surface area contributed by atoms with E-state index in [9.17, 15) is 35.1 Å². The number of Topliss-reactive ketones (excluding diaryl/α,β-unsaturated/α-hetero) is 1. The van der Waals surface area contributed by atoms with Crippen molar-refractivity contribution in [2.75, 3.05) is 6.61 Å². The number of hydrogen-bond donors (Lipinski definition) is 5. The minimum atomic E-state index is -1.67. The predicted octanol–water partition coefficient (Wildman–Crippen LogP) is 0.592. The number of carbonyl (C=O) groups is 2. The molecule has 5 N–H and O–H groups in total. The van der Waals surface area contributed by atoms with Crippen LogP contribution in [0.1, 0.15) is 65.2 Å². The van der Waals surface area contributed by atoms with Gasteiger partial charge in [0.1, 0.15) is 24.4 Å². The van der Waals surface area contributed by atoms with Gasteiger partial charge in [0.25, 0.3) is 0 Å². The van der Waals surface area contributed by atoms with Crippen LogP contribution < -0.4 is 0 Å². The Hall–Kier alpha value is -1.36. The predicted molar refractivity (Wildman–Crippen MR) is 122 cm³/mol. The first-order valence-electron chi connectivity index (χ1n) is 12.8. The third kappa shape index (κ3) is 3.09. The quantitative estimate of drug-likeness (QED) is 0.280. The SMILES string of the molecule is C=C1C(=O)[C@@]23CC[C@@H]4[C@](C)(C(=O)O[C@@H]5O[C@H](CO)[C@@H](O)[C@@H](O)[C@H]5O)CCC[C@@]4(C)[C@]2(O)CC[C@@H]1C3. The van der Waals surface area contributed by atoms with Crippen molar-refractivity contribution in [1.82, 2.24) is 0 Å². The molecule has 0 radical (unpaired) electrons. The Morgan fingerprint density at radius 1 is 1.09 bits per heavy atom. The second kappa shape index (κ2) is 8.07. The number of aliphatic hydroxyl groups excluding tert-OH is 4. The van der Waals surface area contributed by atoms with Crippen molar-refractivity contribution in [1.29, 1.82) is 0 Å². The Kier molecular flexibility index (Phi) is 5.83.